The summed E-state index contributed by atoms with van der Waals surface area (Å²) in [6.07, 6.45) is 1.34. The van der Waals surface area contributed by atoms with E-state index in [1.807, 2.05) is 12.1 Å². The number of carbonyl (C=O) groups is 2. The summed E-state index contributed by atoms with van der Waals surface area (Å²) in [5.74, 6) is -1.19. The number of carbonyl (C=O) groups excluding carboxylic acids is 2. The number of hydrogen-bond donors (Lipinski definition) is 0. The first-order valence-corrected chi connectivity index (χ1v) is 13.3. The summed E-state index contributed by atoms with van der Waals surface area (Å²) in [4.78, 5) is 27.1. The van der Waals surface area contributed by atoms with Gasteiger partial charge in [0.25, 0.3) is 0 Å². The van der Waals surface area contributed by atoms with E-state index in [-0.39, 0.29) is 13.1 Å². The lowest BCUT2D eigenvalue weighted by Gasteiger charge is -2.38. The van der Waals surface area contributed by atoms with Crippen molar-refractivity contribution in [3.63, 3.8) is 0 Å². The molecular weight excluding hydrogens is 514 g/mol. The number of piperazine rings is 1. The highest BCUT2D eigenvalue weighted by atomic mass is 35.5. The van der Waals surface area contributed by atoms with Gasteiger partial charge >= 0.3 is 5.97 Å². The average Bonchev–Trinajstić information content (AvgIpc) is 2.90. The lowest BCUT2D eigenvalue weighted by atomic mass is 10.0. The summed E-state index contributed by atoms with van der Waals surface area (Å²) in [6.45, 7) is 3.28. The van der Waals surface area contributed by atoms with Gasteiger partial charge in [0.2, 0.25) is 15.9 Å². The predicted octanol–water partition coefficient (Wildman–Crippen LogP) is 3.98. The Morgan fingerprint density at radius 2 is 1.73 bits per heavy atom. The first-order chi connectivity index (χ1) is 17.7. The third-order valence-electron chi connectivity index (χ3n) is 6.36. The topological polar surface area (TPSA) is 108 Å². The zero-order valence-electron chi connectivity index (χ0n) is 20.0. The van der Waals surface area contributed by atoms with Gasteiger partial charge in [0, 0.05) is 18.1 Å². The molecule has 0 aliphatic carbocycles. The fourth-order valence-corrected chi connectivity index (χ4v) is 6.31. The van der Waals surface area contributed by atoms with E-state index >= 15 is 0 Å². The minimum atomic E-state index is -4.00. The van der Waals surface area contributed by atoms with Crippen LogP contribution in [0.3, 0.4) is 0 Å². The third kappa shape index (κ3) is 5.23. The number of hydrogen-bond acceptors (Lipinski definition) is 6. The van der Waals surface area contributed by atoms with Gasteiger partial charge in [0.05, 0.1) is 25.3 Å². The van der Waals surface area contributed by atoms with E-state index in [1.54, 1.807) is 54.6 Å². The normalized spacial score (nSPS) is 16.1. The fourth-order valence-electron chi connectivity index (χ4n) is 4.45. The quantitative estimate of drug-likeness (QED) is 0.333. The largest absolute Gasteiger partial charge is 0.467 e. The molecule has 1 amide bonds. The lowest BCUT2D eigenvalue weighted by Crippen LogP contribution is -2.55. The van der Waals surface area contributed by atoms with E-state index < -0.39 is 39.7 Å². The van der Waals surface area contributed by atoms with Crippen molar-refractivity contribution in [1.29, 1.82) is 5.26 Å². The molecule has 1 heterocycles. The highest BCUT2D eigenvalue weighted by Gasteiger charge is 2.41. The van der Waals surface area contributed by atoms with Gasteiger partial charge in [-0.3, -0.25) is 4.79 Å². The Morgan fingerprint density at radius 3 is 2.35 bits per heavy atom. The molecule has 0 saturated carbocycles. The maximum atomic E-state index is 13.6. The van der Waals surface area contributed by atoms with Crippen LogP contribution in [0, 0.1) is 11.3 Å². The Balaban J connectivity index is 1.59. The summed E-state index contributed by atoms with van der Waals surface area (Å²) in [5, 5.41) is 10.3. The van der Waals surface area contributed by atoms with Crippen LogP contribution < -0.4 is 0 Å². The molecule has 8 nitrogen and oxygen atoms in total. The molecule has 190 valence electrons. The molecule has 0 spiro atoms. The molecule has 3 aromatic rings. The van der Waals surface area contributed by atoms with Gasteiger partial charge in [-0.15, -0.1) is 6.58 Å². The predicted molar refractivity (Wildman–Crippen MR) is 140 cm³/mol. The van der Waals surface area contributed by atoms with Crippen molar-refractivity contribution in [2.45, 2.75) is 11.3 Å². The van der Waals surface area contributed by atoms with Crippen LogP contribution in [0.5, 0.6) is 0 Å². The second kappa shape index (κ2) is 10.7. The standard InChI is InChI=1S/C27H24ClN3O5S/c1-3-24(22-9-8-21-15-23(28)11-10-20(21)14-22)37(34,35)30-12-13-31(25(32)17-30)26(27(33)36-2)19-6-4-18(16-29)5-7-19/h3-11,14-15,24,26H,1,12-13,17H2,2H3. The Hall–Kier alpha value is -3.71. The monoisotopic (exact) mass is 537 g/mol. The molecular formula is C27H24ClN3O5S. The molecule has 2 atom stereocenters. The maximum Gasteiger partial charge on any atom is 0.333 e. The van der Waals surface area contributed by atoms with E-state index in [0.29, 0.717) is 21.7 Å². The minimum absolute atomic E-state index is 0.00856. The summed E-state index contributed by atoms with van der Waals surface area (Å²) in [6, 6.07) is 17.8. The molecule has 1 aliphatic rings. The van der Waals surface area contributed by atoms with Crippen molar-refractivity contribution in [3.05, 3.63) is 95.0 Å². The molecule has 0 radical (unpaired) electrons. The van der Waals surface area contributed by atoms with Crippen LogP contribution in [0.2, 0.25) is 5.02 Å². The van der Waals surface area contributed by atoms with Crippen LogP contribution in [0.25, 0.3) is 10.8 Å². The average molecular weight is 538 g/mol. The molecule has 2 unspecified atom stereocenters. The number of esters is 1. The van der Waals surface area contributed by atoms with Crippen LogP contribution in [0.4, 0.5) is 0 Å². The van der Waals surface area contributed by atoms with Gasteiger partial charge in [-0.25, -0.2) is 13.2 Å². The molecule has 1 aliphatic heterocycles. The van der Waals surface area contributed by atoms with Crippen LogP contribution in [-0.2, 0) is 24.3 Å². The number of nitriles is 1. The molecule has 37 heavy (non-hydrogen) atoms. The van der Waals surface area contributed by atoms with E-state index in [4.69, 9.17) is 21.6 Å². The van der Waals surface area contributed by atoms with Gasteiger partial charge in [0.15, 0.2) is 6.04 Å². The molecule has 4 rings (SSSR count). The molecule has 10 heteroatoms. The number of rotatable bonds is 7. The number of fused-ring (bicyclic) bond motifs is 1. The van der Waals surface area contributed by atoms with Crippen LogP contribution >= 0.6 is 11.6 Å². The molecule has 1 saturated heterocycles. The van der Waals surface area contributed by atoms with Gasteiger partial charge < -0.3 is 9.64 Å². The van der Waals surface area contributed by atoms with Crippen molar-refractivity contribution in [2.24, 2.45) is 0 Å². The molecule has 0 bridgehead atoms. The summed E-state index contributed by atoms with van der Waals surface area (Å²) in [5.41, 5.74) is 1.39. The Morgan fingerprint density at radius 1 is 1.08 bits per heavy atom. The minimum Gasteiger partial charge on any atom is -0.467 e. The smallest absolute Gasteiger partial charge is 0.333 e. The van der Waals surface area contributed by atoms with Gasteiger partial charge in [-0.1, -0.05) is 48.0 Å². The van der Waals surface area contributed by atoms with E-state index in [0.717, 1.165) is 15.1 Å². The summed E-state index contributed by atoms with van der Waals surface area (Å²) >= 11 is 6.06. The van der Waals surface area contributed by atoms with Crippen molar-refractivity contribution in [2.75, 3.05) is 26.7 Å². The van der Waals surface area contributed by atoms with Crippen LogP contribution in [-0.4, -0.2) is 56.2 Å². The van der Waals surface area contributed by atoms with E-state index in [2.05, 4.69) is 6.58 Å². The Bertz CT molecular complexity index is 1520. The summed E-state index contributed by atoms with van der Waals surface area (Å²) in [7, 11) is -2.78. The van der Waals surface area contributed by atoms with Gasteiger partial charge in [-0.05, 0) is 52.2 Å². The number of nitrogens with zero attached hydrogens (tertiary/aromatic N) is 3. The first-order valence-electron chi connectivity index (χ1n) is 11.4. The molecule has 0 N–H and O–H groups in total. The summed E-state index contributed by atoms with van der Waals surface area (Å²) < 4.78 is 33.2. The molecule has 1 fully saturated rings. The number of benzene rings is 3. The van der Waals surface area contributed by atoms with Crippen LogP contribution in [0.1, 0.15) is 28.0 Å². The van der Waals surface area contributed by atoms with Gasteiger partial charge in [-0.2, -0.15) is 9.57 Å². The zero-order valence-corrected chi connectivity index (χ0v) is 21.6. The van der Waals surface area contributed by atoms with Crippen molar-refractivity contribution in [3.8, 4) is 6.07 Å². The number of sulfonamides is 1. The second-order valence-electron chi connectivity index (χ2n) is 8.53. The van der Waals surface area contributed by atoms with Gasteiger partial charge in [0.1, 0.15) is 5.25 Å². The van der Waals surface area contributed by atoms with Crippen molar-refractivity contribution < 1.29 is 22.7 Å². The Labute approximate surface area is 220 Å². The SMILES string of the molecule is C=CC(c1ccc2cc(Cl)ccc2c1)S(=O)(=O)N1CCN(C(C(=O)OC)c2ccc(C#N)cc2)C(=O)C1. The zero-order chi connectivity index (χ0) is 26.7. The third-order valence-corrected chi connectivity index (χ3v) is 8.74. The fraction of sp³-hybridized carbons (Fsp3) is 0.222. The number of amides is 1. The highest BCUT2D eigenvalue weighted by Crippen LogP contribution is 2.32. The van der Waals surface area contributed by atoms with E-state index in [9.17, 15) is 18.0 Å². The number of halogens is 1. The maximum absolute atomic E-state index is 13.6. The van der Waals surface area contributed by atoms with Crippen LogP contribution in [0.15, 0.2) is 73.3 Å². The number of ether oxygens (including phenoxy) is 1. The van der Waals surface area contributed by atoms with Crippen molar-refractivity contribution in [1.82, 2.24) is 9.21 Å². The molecule has 3 aromatic carbocycles. The highest BCUT2D eigenvalue weighted by molar-refractivity contribution is 7.89. The number of methoxy groups -OCH3 is 1. The Kier molecular flexibility index (Phi) is 7.64. The first kappa shape index (κ1) is 26.4. The van der Waals surface area contributed by atoms with E-state index in [1.165, 1.54) is 18.1 Å². The lowest BCUT2D eigenvalue weighted by molar-refractivity contribution is -0.154. The van der Waals surface area contributed by atoms with Crippen molar-refractivity contribution >= 4 is 44.3 Å². The second-order valence-corrected chi connectivity index (χ2v) is 11.0. The molecule has 0 aromatic heterocycles.